The third-order valence-corrected chi connectivity index (χ3v) is 6.61. The van der Waals surface area contributed by atoms with E-state index < -0.39 is 0 Å². The number of amides is 2. The Bertz CT molecular complexity index is 1110. The number of nitrogens with zero attached hydrogens (tertiary/aromatic N) is 3. The Kier molecular flexibility index (Phi) is 7.17. The van der Waals surface area contributed by atoms with Crippen LogP contribution in [-0.2, 0) is 17.6 Å². The van der Waals surface area contributed by atoms with Gasteiger partial charge in [-0.3, -0.25) is 9.59 Å². The fraction of sp³-hybridized carbons (Fsp3) is 0.292. The molecule has 2 aromatic carbocycles. The van der Waals surface area contributed by atoms with Crippen molar-refractivity contribution in [3.63, 3.8) is 0 Å². The second-order valence-corrected chi connectivity index (χ2v) is 9.23. The van der Waals surface area contributed by atoms with Crippen LogP contribution in [0, 0.1) is 0 Å². The maximum Gasteiger partial charge on any atom is 0.259 e. The van der Waals surface area contributed by atoms with E-state index in [4.69, 9.17) is 11.6 Å². The molecule has 1 N–H and O–H groups in total. The third-order valence-electron chi connectivity index (χ3n) is 5.43. The number of thioether (sulfide) groups is 1. The maximum atomic E-state index is 12.9. The van der Waals surface area contributed by atoms with Crippen LogP contribution in [0.25, 0.3) is 5.69 Å². The number of carbonyl (C=O) groups excluding carboxylic acids is 2. The number of nitrogens with one attached hydrogen (secondary N) is 1. The van der Waals surface area contributed by atoms with Crippen LogP contribution >= 0.6 is 23.4 Å². The monoisotopic (exact) mass is 468 g/mol. The van der Waals surface area contributed by atoms with Gasteiger partial charge in [0.1, 0.15) is 0 Å². The van der Waals surface area contributed by atoms with Crippen molar-refractivity contribution in [3.8, 4) is 5.69 Å². The first-order valence-electron chi connectivity index (χ1n) is 10.6. The highest BCUT2D eigenvalue weighted by Crippen LogP contribution is 2.21. The number of hydrogen-bond donors (Lipinski definition) is 1. The molecule has 8 heteroatoms. The Balaban J connectivity index is 1.43. The highest BCUT2D eigenvalue weighted by atomic mass is 35.5. The first-order valence-corrected chi connectivity index (χ1v) is 12.2. The minimum absolute atomic E-state index is 0.156. The molecule has 1 fully saturated rings. The minimum atomic E-state index is -0.218. The van der Waals surface area contributed by atoms with Gasteiger partial charge in [0, 0.05) is 35.3 Å². The number of aromatic nitrogens is 2. The normalized spacial score (nSPS) is 13.8. The Labute approximate surface area is 196 Å². The van der Waals surface area contributed by atoms with Crippen molar-refractivity contribution in [1.82, 2.24) is 14.7 Å². The van der Waals surface area contributed by atoms with Gasteiger partial charge < -0.3 is 10.2 Å². The van der Waals surface area contributed by atoms with E-state index in [1.807, 2.05) is 66.1 Å². The van der Waals surface area contributed by atoms with Gasteiger partial charge in [0.25, 0.3) is 5.91 Å². The first-order chi connectivity index (χ1) is 15.5. The van der Waals surface area contributed by atoms with Crippen LogP contribution < -0.4 is 5.32 Å². The lowest BCUT2D eigenvalue weighted by molar-refractivity contribution is -0.130. The van der Waals surface area contributed by atoms with Crippen molar-refractivity contribution in [2.75, 3.05) is 29.9 Å². The number of halogens is 1. The third kappa shape index (κ3) is 5.16. The summed E-state index contributed by atoms with van der Waals surface area (Å²) in [6.45, 7) is 3.63. The summed E-state index contributed by atoms with van der Waals surface area (Å²) >= 11 is 8.00. The molecule has 2 amide bonds. The van der Waals surface area contributed by atoms with Crippen molar-refractivity contribution in [1.29, 1.82) is 0 Å². The molecule has 32 heavy (non-hydrogen) atoms. The molecule has 0 atom stereocenters. The summed E-state index contributed by atoms with van der Waals surface area (Å²) in [7, 11) is 0. The molecule has 0 saturated carbocycles. The quantitative estimate of drug-likeness (QED) is 0.580. The number of hydrogen-bond acceptors (Lipinski definition) is 4. The van der Waals surface area contributed by atoms with Crippen molar-refractivity contribution >= 4 is 40.9 Å². The Morgan fingerprint density at radius 3 is 2.56 bits per heavy atom. The van der Waals surface area contributed by atoms with Crippen LogP contribution in [0.2, 0.25) is 5.02 Å². The molecular formula is C24H25ClN4O2S. The number of benzene rings is 2. The molecule has 0 bridgehead atoms. The Morgan fingerprint density at radius 2 is 1.88 bits per heavy atom. The molecule has 0 aliphatic carbocycles. The van der Waals surface area contributed by atoms with Gasteiger partial charge in [-0.25, -0.2) is 4.68 Å². The summed E-state index contributed by atoms with van der Waals surface area (Å²) in [4.78, 5) is 27.3. The molecule has 1 aromatic heterocycles. The van der Waals surface area contributed by atoms with Crippen LogP contribution in [-0.4, -0.2) is 51.1 Å². The first kappa shape index (κ1) is 22.4. The highest BCUT2D eigenvalue weighted by molar-refractivity contribution is 7.99. The summed E-state index contributed by atoms with van der Waals surface area (Å²) in [6.07, 6.45) is 2.61. The van der Waals surface area contributed by atoms with Gasteiger partial charge in [0.15, 0.2) is 0 Å². The highest BCUT2D eigenvalue weighted by Gasteiger charge is 2.19. The van der Waals surface area contributed by atoms with E-state index in [0.29, 0.717) is 29.1 Å². The zero-order valence-electron chi connectivity index (χ0n) is 17.9. The summed E-state index contributed by atoms with van der Waals surface area (Å²) in [5.74, 6) is 1.95. The number of carbonyl (C=O) groups is 2. The summed E-state index contributed by atoms with van der Waals surface area (Å²) in [5, 5.41) is 7.96. The fourth-order valence-electron chi connectivity index (χ4n) is 3.74. The van der Waals surface area contributed by atoms with E-state index in [1.165, 1.54) is 0 Å². The summed E-state index contributed by atoms with van der Waals surface area (Å²) < 4.78 is 1.74. The number of anilines is 1. The second kappa shape index (κ2) is 10.2. The van der Waals surface area contributed by atoms with Crippen LogP contribution in [0.15, 0.2) is 54.7 Å². The lowest BCUT2D eigenvalue weighted by Gasteiger charge is -2.26. The molecule has 1 aliphatic heterocycles. The average Bonchev–Trinajstić information content (AvgIpc) is 3.25. The van der Waals surface area contributed by atoms with E-state index in [-0.39, 0.29) is 11.8 Å². The summed E-state index contributed by atoms with van der Waals surface area (Å²) in [6, 6.07) is 14.8. The van der Waals surface area contributed by atoms with Gasteiger partial charge in [-0.1, -0.05) is 36.7 Å². The molecule has 1 saturated heterocycles. The van der Waals surface area contributed by atoms with Gasteiger partial charge in [0.2, 0.25) is 5.91 Å². The lowest BCUT2D eigenvalue weighted by Crippen LogP contribution is -2.38. The lowest BCUT2D eigenvalue weighted by atomic mass is 10.1. The zero-order chi connectivity index (χ0) is 22.5. The average molecular weight is 469 g/mol. The van der Waals surface area contributed by atoms with Gasteiger partial charge in [-0.05, 0) is 42.3 Å². The molecular weight excluding hydrogens is 444 g/mol. The van der Waals surface area contributed by atoms with Crippen LogP contribution in [0.3, 0.4) is 0 Å². The standard InChI is InChI=1S/C24H25ClN4O2S/c1-2-22-21(16-26-29(22)20-5-3-4-18(25)15-20)24(31)27-19-8-6-17(7-9-19)14-23(30)28-10-12-32-13-11-28/h3-9,15-16H,2,10-14H2,1H3,(H,27,31). The fourth-order valence-corrected chi connectivity index (χ4v) is 4.83. The van der Waals surface area contributed by atoms with Crippen molar-refractivity contribution in [2.45, 2.75) is 19.8 Å². The molecule has 0 unspecified atom stereocenters. The predicted molar refractivity (Wildman–Crippen MR) is 130 cm³/mol. The van der Waals surface area contributed by atoms with Gasteiger partial charge in [-0.15, -0.1) is 0 Å². The molecule has 0 spiro atoms. The molecule has 0 radical (unpaired) electrons. The largest absolute Gasteiger partial charge is 0.341 e. The van der Waals surface area contributed by atoms with Crippen LogP contribution in [0.4, 0.5) is 5.69 Å². The number of rotatable bonds is 6. The molecule has 6 nitrogen and oxygen atoms in total. The topological polar surface area (TPSA) is 67.2 Å². The van der Waals surface area contributed by atoms with Crippen molar-refractivity contribution in [3.05, 3.63) is 76.6 Å². The van der Waals surface area contributed by atoms with Crippen LogP contribution in [0.5, 0.6) is 0 Å². The van der Waals surface area contributed by atoms with E-state index in [2.05, 4.69) is 10.4 Å². The minimum Gasteiger partial charge on any atom is -0.341 e. The van der Waals surface area contributed by atoms with E-state index in [1.54, 1.807) is 16.9 Å². The Morgan fingerprint density at radius 1 is 1.12 bits per heavy atom. The van der Waals surface area contributed by atoms with Crippen molar-refractivity contribution < 1.29 is 9.59 Å². The van der Waals surface area contributed by atoms with Crippen LogP contribution in [0.1, 0.15) is 28.5 Å². The molecule has 3 aromatic rings. The van der Waals surface area contributed by atoms with Crippen molar-refractivity contribution in [2.24, 2.45) is 0 Å². The van der Waals surface area contributed by atoms with E-state index in [9.17, 15) is 9.59 Å². The molecule has 4 rings (SSSR count). The van der Waals surface area contributed by atoms with E-state index >= 15 is 0 Å². The zero-order valence-corrected chi connectivity index (χ0v) is 19.5. The van der Waals surface area contributed by atoms with Gasteiger partial charge in [-0.2, -0.15) is 16.9 Å². The molecule has 166 valence electrons. The van der Waals surface area contributed by atoms with Gasteiger partial charge >= 0.3 is 0 Å². The Hall–Kier alpha value is -2.77. The van der Waals surface area contributed by atoms with Gasteiger partial charge in [0.05, 0.1) is 29.6 Å². The smallest absolute Gasteiger partial charge is 0.259 e. The maximum absolute atomic E-state index is 12.9. The van der Waals surface area contributed by atoms with E-state index in [0.717, 1.165) is 41.5 Å². The predicted octanol–water partition coefficient (Wildman–Crippen LogP) is 4.46. The molecule has 1 aliphatic rings. The SMILES string of the molecule is CCc1c(C(=O)Nc2ccc(CC(=O)N3CCSCC3)cc2)cnn1-c1cccc(Cl)c1. The molecule has 2 heterocycles. The summed E-state index contributed by atoms with van der Waals surface area (Å²) in [5.41, 5.74) is 3.77. The second-order valence-electron chi connectivity index (χ2n) is 7.57.